The van der Waals surface area contributed by atoms with Crippen molar-refractivity contribution in [3.63, 3.8) is 0 Å². The highest BCUT2D eigenvalue weighted by Gasteiger charge is 2.24. The molecule has 0 bridgehead atoms. The first-order valence-electron chi connectivity index (χ1n) is 20.0. The normalized spacial score (nSPS) is 12.4. The molecule has 8 aromatic carbocycles. The Kier molecular flexibility index (Phi) is 5.93. The number of para-hydroxylation sites is 5. The van der Waals surface area contributed by atoms with Crippen LogP contribution in [0.15, 0.2) is 191 Å². The minimum Gasteiger partial charge on any atom is -0.454 e. The smallest absolute Gasteiger partial charge is 0.182 e. The molecule has 0 aliphatic heterocycles. The van der Waals surface area contributed by atoms with Crippen LogP contribution in [0.3, 0.4) is 0 Å². The molecule has 0 spiro atoms. The van der Waals surface area contributed by atoms with Gasteiger partial charge in [-0.05, 0) is 96.1 Å². The number of hydrogen-bond acceptors (Lipinski definition) is 3. The lowest BCUT2D eigenvalue weighted by Crippen LogP contribution is -1.94. The zero-order valence-corrected chi connectivity index (χ0v) is 31.4. The van der Waals surface area contributed by atoms with Crippen LogP contribution < -0.4 is 0 Å². The molecule has 0 unspecified atom stereocenters. The molecule has 0 fully saturated rings. The number of imidazole rings is 1. The van der Waals surface area contributed by atoms with Gasteiger partial charge in [0.05, 0.1) is 38.5 Å². The fourth-order valence-corrected chi connectivity index (χ4v) is 9.88. The van der Waals surface area contributed by atoms with Crippen molar-refractivity contribution < 1.29 is 8.83 Å². The summed E-state index contributed by atoms with van der Waals surface area (Å²) in [7, 11) is 0. The lowest BCUT2D eigenvalue weighted by molar-refractivity contribution is 0.662. The summed E-state index contributed by atoms with van der Waals surface area (Å²) in [4.78, 5) is 5.34. The van der Waals surface area contributed by atoms with Crippen molar-refractivity contribution in [2.45, 2.75) is 0 Å². The molecular weight excluding hydrogens is 725 g/mol. The van der Waals surface area contributed by atoms with Crippen molar-refractivity contribution in [3.05, 3.63) is 182 Å². The molecule has 14 aromatic rings. The van der Waals surface area contributed by atoms with Crippen LogP contribution in [0.25, 0.3) is 127 Å². The molecule has 0 amide bonds. The van der Waals surface area contributed by atoms with E-state index in [1.54, 1.807) is 0 Å². The van der Waals surface area contributed by atoms with E-state index in [1.807, 2.05) is 30.3 Å². The predicted octanol–water partition coefficient (Wildman–Crippen LogP) is 14.1. The van der Waals surface area contributed by atoms with E-state index in [1.165, 1.54) is 43.7 Å². The van der Waals surface area contributed by atoms with E-state index in [0.717, 1.165) is 83.1 Å². The SMILES string of the molecule is c1ccc(-n2c3ccccc3c3cc(-c4ccc5c(c4)c4ccccc4n5-c4ccc5c(c4)nc4c6oc7ccccc7c6c6oc7ccccc7c6n54)ccc32)cc1. The lowest BCUT2D eigenvalue weighted by atomic mass is 10.0. The maximum Gasteiger partial charge on any atom is 0.182 e. The number of benzene rings is 8. The van der Waals surface area contributed by atoms with E-state index < -0.39 is 0 Å². The molecule has 59 heavy (non-hydrogen) atoms. The molecule has 6 nitrogen and oxygen atoms in total. The first-order valence-corrected chi connectivity index (χ1v) is 20.0. The van der Waals surface area contributed by atoms with Crippen LogP contribution in [-0.2, 0) is 0 Å². The monoisotopic (exact) mass is 754 g/mol. The molecule has 6 heterocycles. The van der Waals surface area contributed by atoms with Gasteiger partial charge in [0.1, 0.15) is 16.7 Å². The Morgan fingerprint density at radius 2 is 0.898 bits per heavy atom. The molecule has 0 atom stereocenters. The number of fused-ring (bicyclic) bond motifs is 18. The van der Waals surface area contributed by atoms with Crippen molar-refractivity contribution in [3.8, 4) is 22.5 Å². The van der Waals surface area contributed by atoms with Crippen LogP contribution >= 0.6 is 0 Å². The standard InChI is InChI=1S/C53H30N4O2/c1-2-12-33(13-3-1)55-42-18-8-4-14-35(42)39-28-31(22-25-44(39)55)32-23-26-45-40(29-32)36-15-5-9-19-43(36)56(45)34-24-27-46-41(30-34)54-53-52-49(37-16-6-10-20-47(37)59-52)51-50(57(46)53)38-17-7-11-21-48(38)58-51/h1-30H. The zero-order chi connectivity index (χ0) is 38.3. The van der Waals surface area contributed by atoms with E-state index in [2.05, 4.69) is 165 Å². The van der Waals surface area contributed by atoms with Gasteiger partial charge < -0.3 is 18.0 Å². The molecule has 0 N–H and O–H groups in total. The third kappa shape index (κ3) is 4.11. The molecule has 0 saturated carbocycles. The molecule has 6 heteroatoms. The van der Waals surface area contributed by atoms with Gasteiger partial charge in [0.25, 0.3) is 0 Å². The van der Waals surface area contributed by atoms with Gasteiger partial charge in [0, 0.05) is 43.7 Å². The fraction of sp³-hybridized carbons (Fsp3) is 0. The summed E-state index contributed by atoms with van der Waals surface area (Å²) < 4.78 is 20.2. The van der Waals surface area contributed by atoms with E-state index in [-0.39, 0.29) is 0 Å². The van der Waals surface area contributed by atoms with Crippen molar-refractivity contribution >= 4 is 104 Å². The number of pyridine rings is 1. The predicted molar refractivity (Wildman–Crippen MR) is 241 cm³/mol. The molecule has 0 saturated heterocycles. The highest BCUT2D eigenvalue weighted by molar-refractivity contribution is 6.25. The van der Waals surface area contributed by atoms with Crippen LogP contribution in [0, 0.1) is 0 Å². The van der Waals surface area contributed by atoms with E-state index in [4.69, 9.17) is 13.8 Å². The molecular formula is C53H30N4O2. The second kappa shape index (κ2) is 11.3. The van der Waals surface area contributed by atoms with Gasteiger partial charge in [0.2, 0.25) is 0 Å². The number of furan rings is 2. The van der Waals surface area contributed by atoms with Crippen LogP contribution in [0.5, 0.6) is 0 Å². The van der Waals surface area contributed by atoms with E-state index >= 15 is 0 Å². The van der Waals surface area contributed by atoms with Crippen molar-refractivity contribution in [2.24, 2.45) is 0 Å². The molecule has 274 valence electrons. The number of hydrogen-bond donors (Lipinski definition) is 0. The first-order chi connectivity index (χ1) is 29.3. The summed E-state index contributed by atoms with van der Waals surface area (Å²) in [5, 5.41) is 7.91. The highest BCUT2D eigenvalue weighted by Crippen LogP contribution is 2.43. The van der Waals surface area contributed by atoms with Gasteiger partial charge in [-0.3, -0.25) is 4.40 Å². The molecule has 14 rings (SSSR count). The number of nitrogens with zero attached hydrogens (tertiary/aromatic N) is 4. The third-order valence-electron chi connectivity index (χ3n) is 12.4. The first kappa shape index (κ1) is 31.0. The Hall–Kier alpha value is -8.09. The second-order valence-corrected chi connectivity index (χ2v) is 15.5. The average Bonchev–Trinajstić information content (AvgIpc) is 4.10. The van der Waals surface area contributed by atoms with E-state index in [0.29, 0.717) is 0 Å². The second-order valence-electron chi connectivity index (χ2n) is 15.5. The van der Waals surface area contributed by atoms with Gasteiger partial charge in [-0.1, -0.05) is 97.1 Å². The van der Waals surface area contributed by atoms with Crippen molar-refractivity contribution in [2.75, 3.05) is 0 Å². The molecule has 0 radical (unpaired) electrons. The number of aromatic nitrogens is 4. The summed E-state index contributed by atoms with van der Waals surface area (Å²) in [6.45, 7) is 0. The quantitative estimate of drug-likeness (QED) is 0.180. The van der Waals surface area contributed by atoms with Gasteiger partial charge in [0.15, 0.2) is 16.8 Å². The Morgan fingerprint density at radius 3 is 1.59 bits per heavy atom. The summed E-state index contributed by atoms with van der Waals surface area (Å²) in [6, 6.07) is 64.8. The van der Waals surface area contributed by atoms with Crippen LogP contribution in [0.2, 0.25) is 0 Å². The topological polar surface area (TPSA) is 53.4 Å². The van der Waals surface area contributed by atoms with Gasteiger partial charge in [-0.15, -0.1) is 0 Å². The van der Waals surface area contributed by atoms with Gasteiger partial charge in [-0.25, -0.2) is 4.98 Å². The largest absolute Gasteiger partial charge is 0.454 e. The highest BCUT2D eigenvalue weighted by atomic mass is 16.3. The van der Waals surface area contributed by atoms with E-state index in [9.17, 15) is 0 Å². The van der Waals surface area contributed by atoms with Crippen LogP contribution in [0.1, 0.15) is 0 Å². The Balaban J connectivity index is 0.977. The van der Waals surface area contributed by atoms with Gasteiger partial charge in [-0.2, -0.15) is 0 Å². The Morgan fingerprint density at radius 1 is 0.373 bits per heavy atom. The maximum absolute atomic E-state index is 6.62. The molecule has 6 aromatic heterocycles. The minimum atomic E-state index is 0.725. The molecule has 0 aliphatic carbocycles. The lowest BCUT2D eigenvalue weighted by Gasteiger charge is -2.09. The Bertz CT molecular complexity index is 4080. The molecule has 0 aliphatic rings. The number of rotatable bonds is 3. The summed E-state index contributed by atoms with van der Waals surface area (Å²) in [6.07, 6.45) is 0. The zero-order valence-electron chi connectivity index (χ0n) is 31.4. The summed E-state index contributed by atoms with van der Waals surface area (Å²) >= 11 is 0. The minimum absolute atomic E-state index is 0.725. The fourth-order valence-electron chi connectivity index (χ4n) is 9.88. The average molecular weight is 755 g/mol. The Labute approximate surface area is 335 Å². The summed E-state index contributed by atoms with van der Waals surface area (Å²) in [5.74, 6) is 0. The van der Waals surface area contributed by atoms with Crippen molar-refractivity contribution in [1.29, 1.82) is 0 Å². The third-order valence-corrected chi connectivity index (χ3v) is 12.4. The maximum atomic E-state index is 6.62. The van der Waals surface area contributed by atoms with Gasteiger partial charge >= 0.3 is 0 Å². The van der Waals surface area contributed by atoms with Crippen LogP contribution in [0.4, 0.5) is 0 Å². The van der Waals surface area contributed by atoms with Crippen molar-refractivity contribution in [1.82, 2.24) is 18.5 Å². The summed E-state index contributed by atoms with van der Waals surface area (Å²) in [5.41, 5.74) is 16.1. The van der Waals surface area contributed by atoms with Crippen LogP contribution in [-0.4, -0.2) is 18.5 Å².